The number of hydrogen-bond donors (Lipinski definition) is 4. The Labute approximate surface area is 403 Å². The largest absolute Gasteiger partial charge is 0.416 e. The first-order chi connectivity index (χ1) is 31.4. The topological polar surface area (TPSA) is 202 Å². The van der Waals surface area contributed by atoms with Crippen molar-refractivity contribution in [1.82, 2.24) is 31.0 Å². The fourth-order valence-electron chi connectivity index (χ4n) is 7.38. The number of halogens is 5. The van der Waals surface area contributed by atoms with Gasteiger partial charge in [-0.05, 0) is 121 Å². The predicted octanol–water partition coefficient (Wildman–Crippen LogP) is 9.35. The van der Waals surface area contributed by atoms with Gasteiger partial charge in [0.25, 0.3) is 31.9 Å². The number of carbonyl (C=O) groups excluding carboxylic acids is 2. The summed E-state index contributed by atoms with van der Waals surface area (Å²) in [5, 5.41) is 23.9. The lowest BCUT2D eigenvalue weighted by Gasteiger charge is -2.14. The number of rotatable bonds is 12. The number of anilines is 2. The zero-order valence-corrected chi connectivity index (χ0v) is 41.1. The highest BCUT2D eigenvalue weighted by molar-refractivity contribution is 7.93. The van der Waals surface area contributed by atoms with Crippen molar-refractivity contribution in [3.05, 3.63) is 137 Å². The molecule has 8 rings (SSSR count). The number of benzene rings is 4. The van der Waals surface area contributed by atoms with E-state index < -0.39 is 43.7 Å². The Morgan fingerprint density at radius 1 is 0.627 bits per heavy atom. The fraction of sp³-hybridized carbons (Fsp3) is 0.318. The maximum atomic E-state index is 13.0. The monoisotopic (exact) mass is 1030 g/mol. The van der Waals surface area contributed by atoms with Crippen molar-refractivity contribution in [1.29, 1.82) is 0 Å². The molecule has 354 valence electrons. The van der Waals surface area contributed by atoms with Gasteiger partial charge >= 0.3 is 6.18 Å². The van der Waals surface area contributed by atoms with Gasteiger partial charge in [0, 0.05) is 34.5 Å². The quantitative estimate of drug-likeness (QED) is 0.0915. The molecule has 2 heterocycles. The van der Waals surface area contributed by atoms with Gasteiger partial charge in [-0.2, -0.15) is 13.2 Å². The molecule has 4 aromatic carbocycles. The molecule has 67 heavy (non-hydrogen) atoms. The molecule has 0 fully saturated rings. The molecule has 2 unspecified atom stereocenters. The lowest BCUT2D eigenvalue weighted by atomic mass is 10.1. The highest BCUT2D eigenvalue weighted by Gasteiger charge is 2.33. The van der Waals surface area contributed by atoms with Gasteiger partial charge < -0.3 is 10.6 Å². The van der Waals surface area contributed by atoms with Gasteiger partial charge in [0.2, 0.25) is 10.3 Å². The number of carbonyl (C=O) groups is 2. The number of fused-ring (bicyclic) bond motifs is 2. The molecule has 0 radical (unpaired) electrons. The van der Waals surface area contributed by atoms with E-state index in [9.17, 15) is 39.6 Å². The molecular formula is C44H43Cl2F3N8O6S4. The first kappa shape index (κ1) is 49.7. The molecule has 2 aliphatic carbocycles. The van der Waals surface area contributed by atoms with Gasteiger partial charge in [-0.15, -0.1) is 20.4 Å². The summed E-state index contributed by atoms with van der Waals surface area (Å²) in [5.41, 5.74) is 3.63. The normalized spacial score (nSPS) is 15.7. The van der Waals surface area contributed by atoms with Crippen molar-refractivity contribution < 1.29 is 39.6 Å². The van der Waals surface area contributed by atoms with Crippen LogP contribution in [0.5, 0.6) is 0 Å². The number of nitrogens with zero attached hydrogens (tertiary/aromatic N) is 4. The Morgan fingerprint density at radius 3 is 1.52 bits per heavy atom. The van der Waals surface area contributed by atoms with Crippen LogP contribution in [0.4, 0.5) is 23.4 Å². The number of amides is 2. The van der Waals surface area contributed by atoms with Gasteiger partial charge in [-0.25, -0.2) is 16.8 Å². The molecule has 6 aromatic rings. The summed E-state index contributed by atoms with van der Waals surface area (Å²) >= 11 is 14.3. The van der Waals surface area contributed by atoms with Crippen molar-refractivity contribution >= 4 is 88.0 Å². The molecule has 2 atom stereocenters. The van der Waals surface area contributed by atoms with Crippen molar-refractivity contribution in [2.75, 3.05) is 9.44 Å². The lowest BCUT2D eigenvalue weighted by Crippen LogP contribution is -2.35. The van der Waals surface area contributed by atoms with Gasteiger partial charge in [0.05, 0.1) is 25.9 Å². The smallest absolute Gasteiger partial charge is 0.349 e. The molecule has 23 heteroatoms. The second kappa shape index (κ2) is 19.8. The van der Waals surface area contributed by atoms with Crippen LogP contribution >= 0.6 is 45.9 Å². The molecule has 0 saturated carbocycles. The molecule has 0 spiro atoms. The summed E-state index contributed by atoms with van der Waals surface area (Å²) in [6.45, 7) is 9.65. The standard InChI is InChI=1S/C22H20ClF3N4O3S2.C22H23ClN4O3S2/c1-11(2)20-28-29-21(34-20)30-35(32,33)16-5-3-12-7-15(8-13(12)9-16)27-19(31)17-10-14(22(24,25)26)4-6-18(17)23;1-12(2)21-25-26-22(31-21)27-32(29,30)18-6-4-14-9-17(10-15(14)11-18)24-20(28)19-7-5-16(23)8-13(19)3/h3-6,9-11,15H,7-8H2,1-2H3,(H,27,31)(H,29,30);4-8,11-12,17H,9-10H2,1-3H3,(H,24,28)(H,26,27). The van der Waals surface area contributed by atoms with E-state index in [-0.39, 0.29) is 54.4 Å². The van der Waals surface area contributed by atoms with Crippen LogP contribution in [0, 0.1) is 6.92 Å². The third-order valence-electron chi connectivity index (χ3n) is 10.8. The molecule has 0 bridgehead atoms. The van der Waals surface area contributed by atoms with E-state index in [1.54, 1.807) is 36.4 Å². The van der Waals surface area contributed by atoms with Gasteiger partial charge in [-0.3, -0.25) is 19.0 Å². The van der Waals surface area contributed by atoms with E-state index in [1.165, 1.54) is 23.5 Å². The average Bonchev–Trinajstić information content (AvgIpc) is 4.06. The lowest BCUT2D eigenvalue weighted by molar-refractivity contribution is -0.137. The van der Waals surface area contributed by atoms with Crippen LogP contribution in [0.15, 0.2) is 82.6 Å². The van der Waals surface area contributed by atoms with Gasteiger partial charge in [0.15, 0.2) is 0 Å². The molecule has 0 aliphatic heterocycles. The Hall–Kier alpha value is -5.19. The average molecular weight is 1040 g/mol. The Bertz CT molecular complexity index is 3090. The minimum absolute atomic E-state index is 0.0328. The van der Waals surface area contributed by atoms with E-state index in [1.807, 2.05) is 40.7 Å². The van der Waals surface area contributed by atoms with Crippen LogP contribution in [0.1, 0.15) is 104 Å². The summed E-state index contributed by atoms with van der Waals surface area (Å²) < 4.78 is 95.3. The van der Waals surface area contributed by atoms with Crippen LogP contribution < -0.4 is 20.1 Å². The fourth-order valence-corrected chi connectivity index (χ4v) is 11.9. The third-order valence-corrected chi connectivity index (χ3v) is 16.6. The highest BCUT2D eigenvalue weighted by Crippen LogP contribution is 2.34. The highest BCUT2D eigenvalue weighted by atomic mass is 35.5. The van der Waals surface area contributed by atoms with E-state index in [0.717, 1.165) is 50.7 Å². The zero-order valence-electron chi connectivity index (χ0n) is 36.3. The first-order valence-electron chi connectivity index (χ1n) is 20.7. The number of sulfonamides is 2. The van der Waals surface area contributed by atoms with Crippen LogP contribution in [-0.4, -0.2) is 61.1 Å². The maximum absolute atomic E-state index is 13.0. The number of hydrogen-bond acceptors (Lipinski definition) is 12. The van der Waals surface area contributed by atoms with Crippen molar-refractivity contribution in [2.24, 2.45) is 0 Å². The van der Waals surface area contributed by atoms with E-state index >= 15 is 0 Å². The summed E-state index contributed by atoms with van der Waals surface area (Å²) in [7, 11) is -7.69. The van der Waals surface area contributed by atoms with Crippen LogP contribution in [0.25, 0.3) is 0 Å². The molecule has 2 aliphatic rings. The van der Waals surface area contributed by atoms with Crippen molar-refractivity contribution in [3.63, 3.8) is 0 Å². The summed E-state index contributed by atoms with van der Waals surface area (Å²) in [6, 6.07) is 16.9. The number of aryl methyl sites for hydroxylation is 1. The molecule has 0 saturated heterocycles. The van der Waals surface area contributed by atoms with Crippen LogP contribution in [0.3, 0.4) is 0 Å². The van der Waals surface area contributed by atoms with Crippen LogP contribution in [0.2, 0.25) is 10.0 Å². The van der Waals surface area contributed by atoms with E-state index in [4.69, 9.17) is 23.2 Å². The minimum Gasteiger partial charge on any atom is -0.349 e. The van der Waals surface area contributed by atoms with Gasteiger partial charge in [0.1, 0.15) is 10.0 Å². The predicted molar refractivity (Wildman–Crippen MR) is 252 cm³/mol. The molecule has 2 amide bonds. The molecular weight excluding hydrogens is 993 g/mol. The summed E-state index contributed by atoms with van der Waals surface area (Å²) in [5.74, 6) is -0.604. The Morgan fingerprint density at radius 2 is 1.09 bits per heavy atom. The number of alkyl halides is 3. The second-order valence-electron chi connectivity index (χ2n) is 16.6. The van der Waals surface area contributed by atoms with Crippen LogP contribution in [-0.2, 0) is 51.9 Å². The van der Waals surface area contributed by atoms with E-state index in [2.05, 4.69) is 40.5 Å². The maximum Gasteiger partial charge on any atom is 0.416 e. The van der Waals surface area contributed by atoms with E-state index in [0.29, 0.717) is 52.9 Å². The first-order valence-corrected chi connectivity index (χ1v) is 26.0. The molecule has 4 N–H and O–H groups in total. The van der Waals surface area contributed by atoms with Crippen molar-refractivity contribution in [2.45, 2.75) is 100 Å². The third kappa shape index (κ3) is 11.9. The molecule has 2 aromatic heterocycles. The van der Waals surface area contributed by atoms with Crippen molar-refractivity contribution in [3.8, 4) is 0 Å². The number of aromatic nitrogens is 4. The molecule has 14 nitrogen and oxygen atoms in total. The minimum atomic E-state index is -4.61. The van der Waals surface area contributed by atoms with Gasteiger partial charge in [-0.1, -0.05) is 85.7 Å². The Kier molecular flexibility index (Phi) is 14.7. The summed E-state index contributed by atoms with van der Waals surface area (Å²) in [4.78, 5) is 25.5. The Balaban J connectivity index is 0.000000200. The SMILES string of the molecule is CC(C)c1nnc(NS(=O)(=O)c2ccc3c(c2)CC(NC(=O)c2cc(C(F)(F)F)ccc2Cl)C3)s1.Cc1cc(Cl)ccc1C(=O)NC1Cc2ccc(S(=O)(=O)Nc3nnc(C(C)C)s3)cc2C1. The zero-order chi connectivity index (χ0) is 48.6. The second-order valence-corrected chi connectivity index (χ2v) is 22.8. The summed E-state index contributed by atoms with van der Waals surface area (Å²) in [6.07, 6.45) is -2.68. The number of nitrogens with one attached hydrogen (secondary N) is 4.